The van der Waals surface area contributed by atoms with Crippen LogP contribution in [0.15, 0.2) is 54.6 Å². The van der Waals surface area contributed by atoms with E-state index in [2.05, 4.69) is 14.9 Å². The average molecular weight is 407 g/mol. The molecule has 1 fully saturated rings. The third-order valence-electron chi connectivity index (χ3n) is 5.84. The van der Waals surface area contributed by atoms with E-state index in [4.69, 9.17) is 0 Å². The number of rotatable bonds is 5. The summed E-state index contributed by atoms with van der Waals surface area (Å²) in [5.41, 5.74) is 2.88. The van der Waals surface area contributed by atoms with Crippen LogP contribution < -0.4 is 0 Å². The van der Waals surface area contributed by atoms with Crippen molar-refractivity contribution in [1.29, 1.82) is 0 Å². The number of hydrogen-bond donors (Lipinski definition) is 1. The molecule has 2 aromatic carbocycles. The summed E-state index contributed by atoms with van der Waals surface area (Å²) in [5.74, 6) is 0.447. The van der Waals surface area contributed by atoms with Gasteiger partial charge >= 0.3 is 0 Å². The SMILES string of the molecule is Cc1[nH]c(-c2ccccc2)nc1C(=O)N(C)[C@@H]1CCCN(Cc2ccccc2F)C1. The number of hydrogen-bond acceptors (Lipinski definition) is 3. The molecule has 0 aliphatic carbocycles. The molecule has 1 N–H and O–H groups in total. The largest absolute Gasteiger partial charge is 0.341 e. The van der Waals surface area contributed by atoms with Gasteiger partial charge in [0.05, 0.1) is 0 Å². The van der Waals surface area contributed by atoms with Crippen LogP contribution in [0, 0.1) is 12.7 Å². The van der Waals surface area contributed by atoms with Crippen LogP contribution in [-0.2, 0) is 6.54 Å². The molecule has 0 bridgehead atoms. The molecule has 0 spiro atoms. The van der Waals surface area contributed by atoms with E-state index >= 15 is 0 Å². The Kier molecular flexibility index (Phi) is 5.95. The molecule has 156 valence electrons. The molecule has 3 aromatic rings. The first-order valence-electron chi connectivity index (χ1n) is 10.4. The first-order valence-corrected chi connectivity index (χ1v) is 10.4. The third kappa shape index (κ3) is 4.28. The van der Waals surface area contributed by atoms with Crippen molar-refractivity contribution in [2.45, 2.75) is 32.4 Å². The summed E-state index contributed by atoms with van der Waals surface area (Å²) >= 11 is 0. The first-order chi connectivity index (χ1) is 14.5. The number of imidazole rings is 1. The molecule has 6 heteroatoms. The molecule has 5 nitrogen and oxygen atoms in total. The van der Waals surface area contributed by atoms with Crippen LogP contribution in [0.5, 0.6) is 0 Å². The fraction of sp³-hybridized carbons (Fsp3) is 0.333. The Bertz CT molecular complexity index is 1020. The highest BCUT2D eigenvalue weighted by molar-refractivity contribution is 5.94. The number of nitrogens with one attached hydrogen (secondary N) is 1. The number of carbonyl (C=O) groups excluding carboxylic acids is 1. The van der Waals surface area contributed by atoms with Crippen molar-refractivity contribution in [3.63, 3.8) is 0 Å². The zero-order valence-corrected chi connectivity index (χ0v) is 17.4. The van der Waals surface area contributed by atoms with Crippen LogP contribution in [-0.4, -0.2) is 51.9 Å². The van der Waals surface area contributed by atoms with Crippen molar-refractivity contribution < 1.29 is 9.18 Å². The summed E-state index contributed by atoms with van der Waals surface area (Å²) in [7, 11) is 1.84. The number of amides is 1. The van der Waals surface area contributed by atoms with Gasteiger partial charge in [0.25, 0.3) is 5.91 Å². The molecular formula is C24H27FN4O. The molecule has 0 radical (unpaired) electrons. The predicted octanol–water partition coefficient (Wildman–Crippen LogP) is 4.26. The van der Waals surface area contributed by atoms with Crippen LogP contribution in [0.25, 0.3) is 11.4 Å². The van der Waals surface area contributed by atoms with Crippen molar-refractivity contribution in [3.8, 4) is 11.4 Å². The van der Waals surface area contributed by atoms with Crippen LogP contribution in [0.3, 0.4) is 0 Å². The maximum atomic E-state index is 14.0. The van der Waals surface area contributed by atoms with Crippen molar-refractivity contribution in [2.75, 3.05) is 20.1 Å². The molecule has 30 heavy (non-hydrogen) atoms. The minimum atomic E-state index is -0.176. The molecule has 0 saturated carbocycles. The Morgan fingerprint density at radius 1 is 1.20 bits per heavy atom. The van der Waals surface area contributed by atoms with Gasteiger partial charge in [-0.25, -0.2) is 9.37 Å². The molecule has 1 aromatic heterocycles. The van der Waals surface area contributed by atoms with E-state index in [9.17, 15) is 9.18 Å². The van der Waals surface area contributed by atoms with Crippen LogP contribution in [0.1, 0.15) is 34.6 Å². The number of likely N-dealkylation sites (N-methyl/N-ethyl adjacent to an activating group) is 1. The fourth-order valence-electron chi connectivity index (χ4n) is 4.09. The normalized spacial score (nSPS) is 17.1. The first kappa shape index (κ1) is 20.3. The molecule has 4 rings (SSSR count). The summed E-state index contributed by atoms with van der Waals surface area (Å²) in [6.45, 7) is 4.08. The number of aryl methyl sites for hydroxylation is 1. The summed E-state index contributed by atoms with van der Waals surface area (Å²) < 4.78 is 14.0. The van der Waals surface area contributed by atoms with Gasteiger partial charge < -0.3 is 9.88 Å². The molecule has 1 saturated heterocycles. The highest BCUT2D eigenvalue weighted by Crippen LogP contribution is 2.22. The Morgan fingerprint density at radius 2 is 1.93 bits per heavy atom. The topological polar surface area (TPSA) is 52.2 Å². The summed E-state index contributed by atoms with van der Waals surface area (Å²) in [5, 5.41) is 0. The number of halogens is 1. The van der Waals surface area contributed by atoms with E-state index in [1.807, 2.05) is 56.4 Å². The van der Waals surface area contributed by atoms with Crippen molar-refractivity contribution in [3.05, 3.63) is 77.4 Å². The van der Waals surface area contributed by atoms with Crippen LogP contribution in [0.4, 0.5) is 4.39 Å². The zero-order chi connectivity index (χ0) is 21.1. The van der Waals surface area contributed by atoms with E-state index in [-0.39, 0.29) is 17.8 Å². The van der Waals surface area contributed by atoms with E-state index < -0.39 is 0 Å². The predicted molar refractivity (Wildman–Crippen MR) is 116 cm³/mol. The maximum Gasteiger partial charge on any atom is 0.274 e. The van der Waals surface area contributed by atoms with Gasteiger partial charge in [0.15, 0.2) is 0 Å². The number of H-pyrrole nitrogens is 1. The van der Waals surface area contributed by atoms with Gasteiger partial charge in [0.2, 0.25) is 0 Å². The third-order valence-corrected chi connectivity index (χ3v) is 5.84. The van der Waals surface area contributed by atoms with Crippen molar-refractivity contribution in [1.82, 2.24) is 19.8 Å². The molecule has 1 atom stereocenters. The van der Waals surface area contributed by atoms with E-state index in [1.165, 1.54) is 6.07 Å². The minimum Gasteiger partial charge on any atom is -0.341 e. The van der Waals surface area contributed by atoms with Crippen molar-refractivity contribution >= 4 is 5.91 Å². The van der Waals surface area contributed by atoms with Gasteiger partial charge in [0, 0.05) is 43.0 Å². The lowest BCUT2D eigenvalue weighted by Crippen LogP contribution is -2.48. The van der Waals surface area contributed by atoms with Crippen LogP contribution >= 0.6 is 0 Å². The molecule has 0 unspecified atom stereocenters. The number of nitrogens with zero attached hydrogens (tertiary/aromatic N) is 3. The lowest BCUT2D eigenvalue weighted by atomic mass is 10.0. The summed E-state index contributed by atoms with van der Waals surface area (Å²) in [6, 6.07) is 16.8. The van der Waals surface area contributed by atoms with Gasteiger partial charge in [-0.15, -0.1) is 0 Å². The number of aromatic nitrogens is 2. The highest BCUT2D eigenvalue weighted by atomic mass is 19.1. The second kappa shape index (κ2) is 8.79. The van der Waals surface area contributed by atoms with Crippen molar-refractivity contribution in [2.24, 2.45) is 0 Å². The Morgan fingerprint density at radius 3 is 2.70 bits per heavy atom. The number of likely N-dealkylation sites (tertiary alicyclic amines) is 1. The molecule has 1 aliphatic rings. The maximum absolute atomic E-state index is 14.0. The minimum absolute atomic E-state index is 0.0781. The zero-order valence-electron chi connectivity index (χ0n) is 17.4. The highest BCUT2D eigenvalue weighted by Gasteiger charge is 2.29. The Labute approximate surface area is 176 Å². The van der Waals surface area contributed by atoms with Crippen LogP contribution in [0.2, 0.25) is 0 Å². The van der Waals surface area contributed by atoms with Gasteiger partial charge in [-0.3, -0.25) is 9.69 Å². The molecule has 1 aliphatic heterocycles. The number of aromatic amines is 1. The van der Waals surface area contributed by atoms with Gasteiger partial charge in [0.1, 0.15) is 17.3 Å². The lowest BCUT2D eigenvalue weighted by molar-refractivity contribution is 0.0602. The Balaban J connectivity index is 1.46. The van der Waals surface area contributed by atoms with E-state index in [0.717, 1.165) is 37.2 Å². The fourth-order valence-corrected chi connectivity index (χ4v) is 4.09. The van der Waals surface area contributed by atoms with E-state index in [1.54, 1.807) is 11.0 Å². The Hall–Kier alpha value is -2.99. The quantitative estimate of drug-likeness (QED) is 0.689. The number of benzene rings is 2. The molecular weight excluding hydrogens is 379 g/mol. The molecule has 2 heterocycles. The second-order valence-corrected chi connectivity index (χ2v) is 7.96. The second-order valence-electron chi connectivity index (χ2n) is 7.96. The van der Waals surface area contributed by atoms with E-state index in [0.29, 0.717) is 23.6 Å². The average Bonchev–Trinajstić information content (AvgIpc) is 3.17. The lowest BCUT2D eigenvalue weighted by Gasteiger charge is -2.37. The number of piperidine rings is 1. The summed E-state index contributed by atoms with van der Waals surface area (Å²) in [6.07, 6.45) is 1.91. The summed E-state index contributed by atoms with van der Waals surface area (Å²) in [4.78, 5) is 25.0. The number of carbonyl (C=O) groups is 1. The standard InChI is InChI=1S/C24H27FN4O/c1-17-22(27-23(26-17)18-9-4-3-5-10-18)24(30)28(2)20-12-8-14-29(16-20)15-19-11-6-7-13-21(19)25/h3-7,9-11,13,20H,8,12,14-16H2,1-2H3,(H,26,27)/t20-/m1/s1. The van der Waals surface area contributed by atoms with Gasteiger partial charge in [-0.1, -0.05) is 48.5 Å². The monoisotopic (exact) mass is 406 g/mol. The molecule has 1 amide bonds. The smallest absolute Gasteiger partial charge is 0.274 e. The van der Waals surface area contributed by atoms with Gasteiger partial charge in [-0.2, -0.15) is 0 Å². The van der Waals surface area contributed by atoms with Gasteiger partial charge in [-0.05, 0) is 32.4 Å².